The molecule has 0 atom stereocenters. The third kappa shape index (κ3) is 2.73. The number of hydrogen-bond acceptors (Lipinski definition) is 5. The van der Waals surface area contributed by atoms with Crippen molar-refractivity contribution in [1.29, 1.82) is 0 Å². The van der Waals surface area contributed by atoms with E-state index >= 15 is 0 Å². The molecule has 112 valence electrons. The van der Waals surface area contributed by atoms with Gasteiger partial charge in [-0.2, -0.15) is 5.10 Å². The molecule has 2 heterocycles. The average molecular weight is 317 g/mol. The van der Waals surface area contributed by atoms with Crippen LogP contribution in [0.5, 0.6) is 0 Å². The van der Waals surface area contributed by atoms with E-state index in [9.17, 15) is 9.18 Å². The summed E-state index contributed by atoms with van der Waals surface area (Å²) in [6, 6.07) is 6.12. The normalized spacial score (nSPS) is 10.7. The molecule has 0 bridgehead atoms. The van der Waals surface area contributed by atoms with Gasteiger partial charge >= 0.3 is 0 Å². The first-order chi connectivity index (χ1) is 10.5. The number of amides is 1. The molecule has 0 aliphatic carbocycles. The number of halogens is 1. The molecule has 0 radical (unpaired) electrons. The molecule has 3 rings (SSSR count). The van der Waals surface area contributed by atoms with E-state index < -0.39 is 11.7 Å². The first kappa shape index (κ1) is 14.3. The number of rotatable bonds is 3. The fraction of sp³-hybridized carbons (Fsp3) is 0.143. The topological polar surface area (TPSA) is 72.7 Å². The van der Waals surface area contributed by atoms with Gasteiger partial charge in [-0.1, -0.05) is 11.3 Å². The molecule has 0 saturated carbocycles. The predicted molar refractivity (Wildman–Crippen MR) is 80.9 cm³/mol. The smallest absolute Gasteiger partial charge is 0.257 e. The number of benzene rings is 1. The lowest BCUT2D eigenvalue weighted by Gasteiger charge is -2.08. The van der Waals surface area contributed by atoms with Gasteiger partial charge in [0.2, 0.25) is 5.13 Å². The monoisotopic (exact) mass is 317 g/mol. The summed E-state index contributed by atoms with van der Waals surface area (Å²) >= 11 is 1.19. The van der Waals surface area contributed by atoms with Gasteiger partial charge in [-0.15, -0.1) is 10.2 Å². The van der Waals surface area contributed by atoms with Crippen molar-refractivity contribution >= 4 is 22.4 Å². The molecule has 0 unspecified atom stereocenters. The zero-order chi connectivity index (χ0) is 15.7. The van der Waals surface area contributed by atoms with Gasteiger partial charge in [-0.05, 0) is 38.1 Å². The number of carbonyl (C=O) groups excluding carboxylic acids is 1. The molecule has 0 saturated heterocycles. The standard InChI is InChI=1S/C14H12FN5OS/c1-8-5-9(2)20(19-8)12-4-3-10(6-11(12)15)13(21)17-14-18-16-7-22-14/h3-7H,1-2H3,(H,17,18,21). The summed E-state index contributed by atoms with van der Waals surface area (Å²) in [6.45, 7) is 3.68. The van der Waals surface area contributed by atoms with Crippen molar-refractivity contribution < 1.29 is 9.18 Å². The highest BCUT2D eigenvalue weighted by Gasteiger charge is 2.14. The molecule has 3 aromatic rings. The highest BCUT2D eigenvalue weighted by Crippen LogP contribution is 2.18. The van der Waals surface area contributed by atoms with E-state index in [0.717, 1.165) is 11.4 Å². The van der Waals surface area contributed by atoms with E-state index in [1.165, 1.54) is 33.7 Å². The number of carbonyl (C=O) groups is 1. The fourth-order valence-corrected chi connectivity index (χ4v) is 2.53. The zero-order valence-electron chi connectivity index (χ0n) is 11.9. The predicted octanol–water partition coefficient (Wildman–Crippen LogP) is 2.73. The summed E-state index contributed by atoms with van der Waals surface area (Å²) in [5, 5.41) is 14.5. The van der Waals surface area contributed by atoms with Gasteiger partial charge in [0.1, 0.15) is 17.0 Å². The minimum atomic E-state index is -0.517. The molecule has 0 fully saturated rings. The number of aryl methyl sites for hydroxylation is 2. The first-order valence-corrected chi connectivity index (χ1v) is 7.33. The van der Waals surface area contributed by atoms with E-state index in [4.69, 9.17) is 0 Å². The summed E-state index contributed by atoms with van der Waals surface area (Å²) in [4.78, 5) is 12.0. The van der Waals surface area contributed by atoms with Crippen LogP contribution in [0.4, 0.5) is 9.52 Å². The van der Waals surface area contributed by atoms with Crippen LogP contribution in [0.15, 0.2) is 29.8 Å². The van der Waals surface area contributed by atoms with Crippen molar-refractivity contribution in [3.63, 3.8) is 0 Å². The van der Waals surface area contributed by atoms with E-state index in [0.29, 0.717) is 10.8 Å². The summed E-state index contributed by atoms with van der Waals surface area (Å²) in [5.41, 5.74) is 3.63. The van der Waals surface area contributed by atoms with Crippen LogP contribution in [-0.2, 0) is 0 Å². The Bertz CT molecular complexity index is 828. The van der Waals surface area contributed by atoms with Crippen LogP contribution in [-0.4, -0.2) is 25.9 Å². The second kappa shape index (κ2) is 5.64. The van der Waals surface area contributed by atoms with Gasteiger partial charge in [-0.3, -0.25) is 10.1 Å². The van der Waals surface area contributed by atoms with Crippen LogP contribution in [0.1, 0.15) is 21.7 Å². The van der Waals surface area contributed by atoms with Gasteiger partial charge in [0.25, 0.3) is 5.91 Å². The van der Waals surface area contributed by atoms with Crippen LogP contribution in [0, 0.1) is 19.7 Å². The lowest BCUT2D eigenvalue weighted by atomic mass is 10.2. The van der Waals surface area contributed by atoms with Crippen LogP contribution in [0.2, 0.25) is 0 Å². The minimum Gasteiger partial charge on any atom is -0.296 e. The third-order valence-corrected chi connectivity index (χ3v) is 3.63. The Morgan fingerprint density at radius 1 is 1.32 bits per heavy atom. The lowest BCUT2D eigenvalue weighted by molar-refractivity contribution is 0.102. The van der Waals surface area contributed by atoms with Crippen molar-refractivity contribution in [3.8, 4) is 5.69 Å². The third-order valence-electron chi connectivity index (χ3n) is 3.03. The molecule has 0 spiro atoms. The summed E-state index contributed by atoms with van der Waals surface area (Å²) in [5.74, 6) is -0.952. The van der Waals surface area contributed by atoms with Gasteiger partial charge in [0.05, 0.1) is 5.69 Å². The quantitative estimate of drug-likeness (QED) is 0.806. The number of nitrogens with zero attached hydrogens (tertiary/aromatic N) is 4. The number of anilines is 1. The van der Waals surface area contributed by atoms with Crippen LogP contribution < -0.4 is 5.32 Å². The largest absolute Gasteiger partial charge is 0.296 e. The summed E-state index contributed by atoms with van der Waals surface area (Å²) < 4.78 is 15.8. The molecule has 0 aliphatic rings. The van der Waals surface area contributed by atoms with Crippen molar-refractivity contribution in [2.24, 2.45) is 0 Å². The summed E-state index contributed by atoms with van der Waals surface area (Å²) in [7, 11) is 0. The molecule has 6 nitrogen and oxygen atoms in total. The Morgan fingerprint density at radius 3 is 2.73 bits per heavy atom. The average Bonchev–Trinajstić information content (AvgIpc) is 3.08. The Hall–Kier alpha value is -2.61. The van der Waals surface area contributed by atoms with Gasteiger partial charge in [-0.25, -0.2) is 9.07 Å². The molecule has 0 aliphatic heterocycles. The van der Waals surface area contributed by atoms with E-state index in [1.807, 2.05) is 19.9 Å². The number of hydrogen-bond donors (Lipinski definition) is 1. The Morgan fingerprint density at radius 2 is 2.14 bits per heavy atom. The van der Waals surface area contributed by atoms with Crippen molar-refractivity contribution in [3.05, 3.63) is 52.5 Å². The maximum Gasteiger partial charge on any atom is 0.257 e. The van der Waals surface area contributed by atoms with Crippen molar-refractivity contribution in [1.82, 2.24) is 20.0 Å². The summed E-state index contributed by atoms with van der Waals surface area (Å²) in [6.07, 6.45) is 0. The maximum atomic E-state index is 14.3. The molecule has 2 aromatic heterocycles. The fourth-order valence-electron chi connectivity index (χ4n) is 2.09. The Labute approximate surface area is 129 Å². The maximum absolute atomic E-state index is 14.3. The SMILES string of the molecule is Cc1cc(C)n(-c2ccc(C(=O)Nc3nncs3)cc2F)n1. The molecule has 1 N–H and O–H groups in total. The molecule has 8 heteroatoms. The number of nitrogens with one attached hydrogen (secondary N) is 1. The van der Waals surface area contributed by atoms with E-state index in [1.54, 1.807) is 6.07 Å². The molecule has 1 aromatic carbocycles. The van der Waals surface area contributed by atoms with Crippen molar-refractivity contribution in [2.75, 3.05) is 5.32 Å². The van der Waals surface area contributed by atoms with Gasteiger partial charge < -0.3 is 0 Å². The molecule has 22 heavy (non-hydrogen) atoms. The Kier molecular flexibility index (Phi) is 3.68. The highest BCUT2D eigenvalue weighted by molar-refractivity contribution is 7.13. The van der Waals surface area contributed by atoms with E-state index in [2.05, 4.69) is 20.6 Å². The molecular formula is C14H12FN5OS. The first-order valence-electron chi connectivity index (χ1n) is 6.45. The van der Waals surface area contributed by atoms with E-state index in [-0.39, 0.29) is 5.56 Å². The van der Waals surface area contributed by atoms with Crippen LogP contribution in [0.25, 0.3) is 5.69 Å². The van der Waals surface area contributed by atoms with Crippen LogP contribution >= 0.6 is 11.3 Å². The molecular weight excluding hydrogens is 305 g/mol. The highest BCUT2D eigenvalue weighted by atomic mass is 32.1. The zero-order valence-corrected chi connectivity index (χ0v) is 12.7. The number of aromatic nitrogens is 4. The van der Waals surface area contributed by atoms with Crippen molar-refractivity contribution in [2.45, 2.75) is 13.8 Å². The van der Waals surface area contributed by atoms with Crippen LogP contribution in [0.3, 0.4) is 0 Å². The lowest BCUT2D eigenvalue weighted by Crippen LogP contribution is -2.13. The minimum absolute atomic E-state index is 0.206. The Balaban J connectivity index is 1.89. The van der Waals surface area contributed by atoms with Gasteiger partial charge in [0, 0.05) is 11.3 Å². The van der Waals surface area contributed by atoms with Gasteiger partial charge in [0.15, 0.2) is 0 Å². The molecule has 1 amide bonds. The second-order valence-corrected chi connectivity index (χ2v) is 5.54. The second-order valence-electron chi connectivity index (χ2n) is 4.70.